The summed E-state index contributed by atoms with van der Waals surface area (Å²) in [5.41, 5.74) is 0.762. The molecular weight excluding hydrogens is 304 g/mol. The third kappa shape index (κ3) is 5.87. The maximum Gasteiger partial charge on any atom is 0.408 e. The number of unbranched alkanes of at least 4 members (excludes halogenated alkanes) is 1. The minimum absolute atomic E-state index is 0.166. The smallest absolute Gasteiger partial charge is 0.408 e. The first-order chi connectivity index (χ1) is 11.7. The van der Waals surface area contributed by atoms with E-state index in [4.69, 9.17) is 4.74 Å². The Hall–Kier alpha value is -2.04. The number of nitrogens with one attached hydrogen (secondary N) is 2. The molecule has 1 aliphatic rings. The third-order valence-electron chi connectivity index (χ3n) is 4.34. The fraction of sp³-hybridized carbons (Fsp3) is 0.579. The van der Waals surface area contributed by atoms with E-state index >= 15 is 0 Å². The van der Waals surface area contributed by atoms with Gasteiger partial charge in [0.05, 0.1) is 6.61 Å². The van der Waals surface area contributed by atoms with Gasteiger partial charge in [-0.2, -0.15) is 0 Å². The van der Waals surface area contributed by atoms with Crippen molar-refractivity contribution in [3.05, 3.63) is 35.9 Å². The maximum atomic E-state index is 12.7. The fourth-order valence-electron chi connectivity index (χ4n) is 2.95. The lowest BCUT2D eigenvalue weighted by molar-refractivity contribution is -0.124. The van der Waals surface area contributed by atoms with Gasteiger partial charge in [0.15, 0.2) is 0 Å². The van der Waals surface area contributed by atoms with Crippen LogP contribution in [0.5, 0.6) is 0 Å². The zero-order valence-corrected chi connectivity index (χ0v) is 14.4. The maximum absolute atomic E-state index is 12.7. The lowest BCUT2D eigenvalue weighted by Crippen LogP contribution is -2.45. The van der Waals surface area contributed by atoms with E-state index < -0.39 is 12.1 Å². The summed E-state index contributed by atoms with van der Waals surface area (Å²) in [5.74, 6) is -0.166. The average molecular weight is 332 g/mol. The fourth-order valence-corrected chi connectivity index (χ4v) is 2.95. The number of benzene rings is 1. The van der Waals surface area contributed by atoms with Gasteiger partial charge in [0.25, 0.3) is 0 Å². The normalized spacial score (nSPS) is 16.2. The molecule has 5 nitrogen and oxygen atoms in total. The van der Waals surface area contributed by atoms with Crippen LogP contribution in [0.3, 0.4) is 0 Å². The van der Waals surface area contributed by atoms with Crippen LogP contribution in [0.15, 0.2) is 30.3 Å². The van der Waals surface area contributed by atoms with Gasteiger partial charge in [-0.05, 0) is 24.8 Å². The molecule has 0 aliphatic heterocycles. The van der Waals surface area contributed by atoms with Crippen molar-refractivity contribution in [3.63, 3.8) is 0 Å². The van der Waals surface area contributed by atoms with Gasteiger partial charge >= 0.3 is 6.09 Å². The molecule has 0 saturated heterocycles. The van der Waals surface area contributed by atoms with Crippen LogP contribution < -0.4 is 10.6 Å². The number of alkyl carbamates (subject to hydrolysis) is 1. The molecule has 1 fully saturated rings. The van der Waals surface area contributed by atoms with E-state index in [1.165, 1.54) is 6.42 Å². The molecule has 1 unspecified atom stereocenters. The molecule has 5 heteroatoms. The zero-order valence-electron chi connectivity index (χ0n) is 14.4. The Bertz CT molecular complexity index is 513. The molecule has 0 spiro atoms. The molecule has 0 aromatic heterocycles. The van der Waals surface area contributed by atoms with Gasteiger partial charge in [0.2, 0.25) is 5.91 Å². The summed E-state index contributed by atoms with van der Waals surface area (Å²) < 4.78 is 5.14. The van der Waals surface area contributed by atoms with Crippen molar-refractivity contribution in [2.45, 2.75) is 64.0 Å². The minimum atomic E-state index is -0.720. The Balaban J connectivity index is 1.99. The number of hydrogen-bond donors (Lipinski definition) is 2. The molecule has 132 valence electrons. The van der Waals surface area contributed by atoms with Crippen molar-refractivity contribution in [2.24, 2.45) is 0 Å². The summed E-state index contributed by atoms with van der Waals surface area (Å²) in [7, 11) is 0. The topological polar surface area (TPSA) is 67.4 Å². The number of carbonyl (C=O) groups excluding carboxylic acids is 2. The van der Waals surface area contributed by atoms with Crippen LogP contribution in [-0.4, -0.2) is 24.6 Å². The molecule has 1 aromatic carbocycles. The second kappa shape index (κ2) is 9.96. The molecule has 2 rings (SSSR count). The van der Waals surface area contributed by atoms with Crippen molar-refractivity contribution in [2.75, 3.05) is 6.61 Å². The molecular formula is C19H28N2O3. The highest BCUT2D eigenvalue weighted by Crippen LogP contribution is 2.19. The highest BCUT2D eigenvalue weighted by atomic mass is 16.5. The van der Waals surface area contributed by atoms with Crippen LogP contribution in [0.25, 0.3) is 0 Å². The summed E-state index contributed by atoms with van der Waals surface area (Å²) in [6.07, 6.45) is 6.77. The monoisotopic (exact) mass is 332 g/mol. The van der Waals surface area contributed by atoms with Crippen LogP contribution in [0, 0.1) is 0 Å². The molecule has 1 aromatic rings. The predicted molar refractivity (Wildman–Crippen MR) is 93.6 cm³/mol. The highest BCUT2D eigenvalue weighted by molar-refractivity contribution is 5.87. The highest BCUT2D eigenvalue weighted by Gasteiger charge is 2.26. The second-order valence-electron chi connectivity index (χ2n) is 6.32. The van der Waals surface area contributed by atoms with Crippen LogP contribution >= 0.6 is 0 Å². The Labute approximate surface area is 144 Å². The number of carbonyl (C=O) groups is 2. The van der Waals surface area contributed by atoms with E-state index in [0.29, 0.717) is 6.61 Å². The number of rotatable bonds is 7. The lowest BCUT2D eigenvalue weighted by Gasteiger charge is -2.26. The van der Waals surface area contributed by atoms with Crippen LogP contribution in [0.4, 0.5) is 4.79 Å². The zero-order chi connectivity index (χ0) is 17.2. The standard InChI is InChI=1S/C19H28N2O3/c1-2-3-14-24-19(23)21-17(15-10-6-4-7-11-15)18(22)20-16-12-8-5-9-13-16/h4,6-7,10-11,16-17H,2-3,5,8-9,12-14H2,1H3,(H,20,22)(H,21,23). The van der Waals surface area contributed by atoms with E-state index in [1.807, 2.05) is 37.3 Å². The van der Waals surface area contributed by atoms with E-state index in [-0.39, 0.29) is 11.9 Å². The number of hydrogen-bond acceptors (Lipinski definition) is 3. The molecule has 2 N–H and O–H groups in total. The molecule has 2 amide bonds. The van der Waals surface area contributed by atoms with Gasteiger partial charge in [-0.15, -0.1) is 0 Å². The van der Waals surface area contributed by atoms with Crippen molar-refractivity contribution in [3.8, 4) is 0 Å². The van der Waals surface area contributed by atoms with Crippen molar-refractivity contribution >= 4 is 12.0 Å². The molecule has 24 heavy (non-hydrogen) atoms. The Kier molecular flexibility index (Phi) is 7.59. The number of amides is 2. The predicted octanol–water partition coefficient (Wildman–Crippen LogP) is 3.70. The van der Waals surface area contributed by atoms with Crippen molar-refractivity contribution in [1.29, 1.82) is 0 Å². The molecule has 0 radical (unpaired) electrons. The summed E-state index contributed by atoms with van der Waals surface area (Å²) in [6.45, 7) is 2.40. The number of ether oxygens (including phenoxy) is 1. The van der Waals surface area contributed by atoms with Crippen LogP contribution in [0.1, 0.15) is 63.5 Å². The molecule has 0 heterocycles. The molecule has 1 aliphatic carbocycles. The van der Waals surface area contributed by atoms with Gasteiger partial charge in [-0.25, -0.2) is 4.79 Å². The second-order valence-corrected chi connectivity index (χ2v) is 6.32. The van der Waals surface area contributed by atoms with Gasteiger partial charge in [-0.1, -0.05) is 62.9 Å². The summed E-state index contributed by atoms with van der Waals surface area (Å²) >= 11 is 0. The largest absolute Gasteiger partial charge is 0.450 e. The SMILES string of the molecule is CCCCOC(=O)NC(C(=O)NC1CCCCC1)c1ccccc1. The van der Waals surface area contributed by atoms with Gasteiger partial charge in [-0.3, -0.25) is 4.79 Å². The minimum Gasteiger partial charge on any atom is -0.450 e. The first-order valence-electron chi connectivity index (χ1n) is 8.99. The van der Waals surface area contributed by atoms with Crippen molar-refractivity contribution < 1.29 is 14.3 Å². The summed E-state index contributed by atoms with van der Waals surface area (Å²) in [6, 6.07) is 8.78. The first kappa shape index (κ1) is 18.3. The summed E-state index contributed by atoms with van der Waals surface area (Å²) in [4.78, 5) is 24.7. The Morgan fingerprint density at radius 2 is 1.88 bits per heavy atom. The molecule has 0 bridgehead atoms. The van der Waals surface area contributed by atoms with Gasteiger partial charge in [0, 0.05) is 6.04 Å². The Morgan fingerprint density at radius 3 is 2.54 bits per heavy atom. The lowest BCUT2D eigenvalue weighted by atomic mass is 9.95. The van der Waals surface area contributed by atoms with E-state index in [2.05, 4.69) is 10.6 Å². The first-order valence-corrected chi connectivity index (χ1v) is 8.99. The third-order valence-corrected chi connectivity index (χ3v) is 4.34. The molecule has 1 saturated carbocycles. The van der Waals surface area contributed by atoms with Gasteiger partial charge < -0.3 is 15.4 Å². The quantitative estimate of drug-likeness (QED) is 0.748. The van der Waals surface area contributed by atoms with E-state index in [9.17, 15) is 9.59 Å². The summed E-state index contributed by atoms with van der Waals surface area (Å²) in [5, 5.41) is 5.79. The Morgan fingerprint density at radius 1 is 1.17 bits per heavy atom. The van der Waals surface area contributed by atoms with E-state index in [1.54, 1.807) is 0 Å². The van der Waals surface area contributed by atoms with E-state index in [0.717, 1.165) is 44.1 Å². The molecule has 1 atom stereocenters. The van der Waals surface area contributed by atoms with Crippen LogP contribution in [-0.2, 0) is 9.53 Å². The van der Waals surface area contributed by atoms with Gasteiger partial charge in [0.1, 0.15) is 6.04 Å². The van der Waals surface area contributed by atoms with Crippen molar-refractivity contribution in [1.82, 2.24) is 10.6 Å². The average Bonchev–Trinajstić information content (AvgIpc) is 2.61. The van der Waals surface area contributed by atoms with Crippen LogP contribution in [0.2, 0.25) is 0 Å².